The van der Waals surface area contributed by atoms with Crippen LogP contribution in [-0.2, 0) is 0 Å². The Hall–Kier alpha value is -2.41. The van der Waals surface area contributed by atoms with Crippen LogP contribution in [0.4, 0.5) is 5.69 Å². The van der Waals surface area contributed by atoms with Crippen LogP contribution in [0.3, 0.4) is 0 Å². The summed E-state index contributed by atoms with van der Waals surface area (Å²) in [6.07, 6.45) is 3.30. The van der Waals surface area contributed by atoms with Gasteiger partial charge in [0.15, 0.2) is 0 Å². The van der Waals surface area contributed by atoms with Gasteiger partial charge in [0.2, 0.25) is 5.69 Å². The molecule has 0 atom stereocenters. The average Bonchev–Trinajstić information content (AvgIpc) is 2.30. The normalized spacial score (nSPS) is 9.53. The minimum atomic E-state index is -0.362. The smallest absolute Gasteiger partial charge is 0.254 e. The molecule has 2 heterocycles. The van der Waals surface area contributed by atoms with Crippen LogP contribution in [0.15, 0.2) is 41.5 Å². The van der Waals surface area contributed by atoms with E-state index in [1.54, 1.807) is 30.6 Å². The standard InChI is InChI=1S/C11H7N3O/c1-12-10-3-2-9(14-11(10)15)8-4-6-13-7-5-8/h2-7H,(H,14,15). The SMILES string of the molecule is [C-]#[N+]c1ccc(-c2ccncc2)[nH]c1=O. The van der Waals surface area contributed by atoms with Gasteiger partial charge < -0.3 is 4.98 Å². The van der Waals surface area contributed by atoms with Gasteiger partial charge in [0.25, 0.3) is 5.56 Å². The molecule has 0 bridgehead atoms. The molecule has 4 nitrogen and oxygen atoms in total. The maximum absolute atomic E-state index is 11.4. The van der Waals surface area contributed by atoms with Crippen LogP contribution in [0.1, 0.15) is 0 Å². The highest BCUT2D eigenvalue weighted by molar-refractivity contribution is 5.60. The van der Waals surface area contributed by atoms with Crippen molar-refractivity contribution in [1.29, 1.82) is 0 Å². The van der Waals surface area contributed by atoms with E-state index in [0.29, 0.717) is 5.69 Å². The van der Waals surface area contributed by atoms with Crippen molar-refractivity contribution in [2.45, 2.75) is 0 Å². The first kappa shape index (κ1) is 9.16. The summed E-state index contributed by atoms with van der Waals surface area (Å²) < 4.78 is 0. The Kier molecular flexibility index (Phi) is 2.30. The zero-order valence-corrected chi connectivity index (χ0v) is 7.77. The van der Waals surface area contributed by atoms with Gasteiger partial charge >= 0.3 is 0 Å². The molecule has 0 unspecified atom stereocenters. The van der Waals surface area contributed by atoms with Crippen LogP contribution in [0.2, 0.25) is 0 Å². The van der Waals surface area contributed by atoms with E-state index >= 15 is 0 Å². The summed E-state index contributed by atoms with van der Waals surface area (Å²) in [5, 5.41) is 0. The highest BCUT2D eigenvalue weighted by atomic mass is 16.1. The maximum Gasteiger partial charge on any atom is 0.254 e. The number of aromatic amines is 1. The molecule has 0 aliphatic heterocycles. The van der Waals surface area contributed by atoms with Crippen LogP contribution in [0.25, 0.3) is 16.1 Å². The van der Waals surface area contributed by atoms with Crippen molar-refractivity contribution in [1.82, 2.24) is 9.97 Å². The third-order valence-electron chi connectivity index (χ3n) is 2.00. The lowest BCUT2D eigenvalue weighted by molar-refractivity contribution is 1.24. The van der Waals surface area contributed by atoms with Crippen LogP contribution in [0.5, 0.6) is 0 Å². The summed E-state index contributed by atoms with van der Waals surface area (Å²) in [7, 11) is 0. The van der Waals surface area contributed by atoms with E-state index in [4.69, 9.17) is 6.57 Å². The Morgan fingerprint density at radius 3 is 2.53 bits per heavy atom. The van der Waals surface area contributed by atoms with E-state index in [1.165, 1.54) is 6.07 Å². The predicted molar refractivity (Wildman–Crippen MR) is 56.6 cm³/mol. The van der Waals surface area contributed by atoms with Gasteiger partial charge in [-0.2, -0.15) is 0 Å². The molecule has 0 radical (unpaired) electrons. The van der Waals surface area contributed by atoms with Gasteiger partial charge in [-0.25, -0.2) is 4.85 Å². The fraction of sp³-hybridized carbons (Fsp3) is 0. The second kappa shape index (κ2) is 3.76. The van der Waals surface area contributed by atoms with Crippen molar-refractivity contribution >= 4 is 5.69 Å². The first-order chi connectivity index (χ1) is 7.31. The Morgan fingerprint density at radius 2 is 1.93 bits per heavy atom. The quantitative estimate of drug-likeness (QED) is 0.710. The fourth-order valence-corrected chi connectivity index (χ4v) is 1.25. The van der Waals surface area contributed by atoms with Gasteiger partial charge in [0.1, 0.15) is 0 Å². The number of nitrogens with zero attached hydrogens (tertiary/aromatic N) is 2. The van der Waals surface area contributed by atoms with Gasteiger partial charge in [0, 0.05) is 23.7 Å². The van der Waals surface area contributed by atoms with Crippen LogP contribution in [0, 0.1) is 6.57 Å². The Labute approximate surface area is 86.1 Å². The third kappa shape index (κ3) is 1.76. The van der Waals surface area contributed by atoms with Gasteiger partial charge in [0.05, 0.1) is 6.57 Å². The molecule has 0 spiro atoms. The molecule has 2 rings (SSSR count). The van der Waals surface area contributed by atoms with Crippen molar-refractivity contribution < 1.29 is 0 Å². The van der Waals surface area contributed by atoms with Crippen LogP contribution in [-0.4, -0.2) is 9.97 Å². The van der Waals surface area contributed by atoms with E-state index in [9.17, 15) is 4.79 Å². The molecule has 0 aromatic carbocycles. The largest absolute Gasteiger partial charge is 0.331 e. The van der Waals surface area contributed by atoms with E-state index in [1.807, 2.05) is 0 Å². The fourth-order valence-electron chi connectivity index (χ4n) is 1.25. The van der Waals surface area contributed by atoms with Gasteiger partial charge in [-0.1, -0.05) is 0 Å². The number of aromatic nitrogens is 2. The second-order valence-corrected chi connectivity index (χ2v) is 2.93. The predicted octanol–water partition coefficient (Wildman–Crippen LogP) is 1.99. The molecule has 2 aromatic rings. The molecule has 72 valence electrons. The number of pyridine rings is 2. The molecule has 15 heavy (non-hydrogen) atoms. The highest BCUT2D eigenvalue weighted by Gasteiger charge is 2.01. The number of hydrogen-bond donors (Lipinski definition) is 1. The molecular weight excluding hydrogens is 190 g/mol. The minimum absolute atomic E-state index is 0.104. The van der Waals surface area contributed by atoms with Gasteiger partial charge in [-0.3, -0.25) is 9.78 Å². The molecule has 0 amide bonds. The van der Waals surface area contributed by atoms with Gasteiger partial charge in [-0.05, 0) is 24.3 Å². The summed E-state index contributed by atoms with van der Waals surface area (Å²) in [6, 6.07) is 6.82. The van der Waals surface area contributed by atoms with Crippen molar-refractivity contribution in [3.63, 3.8) is 0 Å². The molecule has 0 fully saturated rings. The molecule has 4 heteroatoms. The first-order valence-corrected chi connectivity index (χ1v) is 4.32. The van der Waals surface area contributed by atoms with Crippen molar-refractivity contribution in [2.24, 2.45) is 0 Å². The number of H-pyrrole nitrogens is 1. The van der Waals surface area contributed by atoms with Crippen molar-refractivity contribution in [3.05, 3.63) is 58.4 Å². The number of hydrogen-bond acceptors (Lipinski definition) is 2. The molecule has 2 aromatic heterocycles. The summed E-state index contributed by atoms with van der Waals surface area (Å²) >= 11 is 0. The lowest BCUT2D eigenvalue weighted by Gasteiger charge is -2.00. The average molecular weight is 197 g/mol. The van der Waals surface area contributed by atoms with E-state index in [-0.39, 0.29) is 11.2 Å². The lowest BCUT2D eigenvalue weighted by atomic mass is 10.2. The van der Waals surface area contributed by atoms with Crippen LogP contribution < -0.4 is 5.56 Å². The Morgan fingerprint density at radius 1 is 1.20 bits per heavy atom. The van der Waals surface area contributed by atoms with E-state index in [2.05, 4.69) is 14.8 Å². The summed E-state index contributed by atoms with van der Waals surface area (Å²) in [5.74, 6) is 0. The van der Waals surface area contributed by atoms with E-state index in [0.717, 1.165) is 5.56 Å². The van der Waals surface area contributed by atoms with Crippen LogP contribution >= 0.6 is 0 Å². The second-order valence-electron chi connectivity index (χ2n) is 2.93. The van der Waals surface area contributed by atoms with Gasteiger partial charge in [-0.15, -0.1) is 0 Å². The maximum atomic E-state index is 11.4. The number of rotatable bonds is 1. The lowest BCUT2D eigenvalue weighted by Crippen LogP contribution is -2.04. The number of nitrogens with one attached hydrogen (secondary N) is 1. The molecule has 1 N–H and O–H groups in total. The topological polar surface area (TPSA) is 50.1 Å². The molecule has 0 saturated carbocycles. The Balaban J connectivity index is 2.54. The summed E-state index contributed by atoms with van der Waals surface area (Å²) in [4.78, 5) is 21.0. The van der Waals surface area contributed by atoms with Crippen molar-refractivity contribution in [2.75, 3.05) is 0 Å². The first-order valence-electron chi connectivity index (χ1n) is 4.32. The molecular formula is C11H7N3O. The molecule has 0 saturated heterocycles. The molecule has 0 aliphatic carbocycles. The Bertz CT molecular complexity index is 566. The molecule has 0 aliphatic rings. The third-order valence-corrected chi connectivity index (χ3v) is 2.00. The zero-order valence-electron chi connectivity index (χ0n) is 7.77. The highest BCUT2D eigenvalue weighted by Crippen LogP contribution is 2.15. The summed E-state index contributed by atoms with van der Waals surface area (Å²) in [5.41, 5.74) is 1.31. The van der Waals surface area contributed by atoms with Crippen molar-refractivity contribution in [3.8, 4) is 11.3 Å². The minimum Gasteiger partial charge on any atom is -0.331 e. The zero-order chi connectivity index (χ0) is 10.7. The summed E-state index contributed by atoms with van der Waals surface area (Å²) in [6.45, 7) is 6.75. The van der Waals surface area contributed by atoms with E-state index < -0.39 is 0 Å². The monoisotopic (exact) mass is 197 g/mol.